The molecule has 0 fully saturated rings. The number of amides is 1. The second-order valence-corrected chi connectivity index (χ2v) is 6.82. The Hall–Kier alpha value is -2.22. The Morgan fingerprint density at radius 1 is 1.36 bits per heavy atom. The summed E-state index contributed by atoms with van der Waals surface area (Å²) in [5.41, 5.74) is -0.129. The van der Waals surface area contributed by atoms with Crippen LogP contribution in [0.25, 0.3) is 0 Å². The van der Waals surface area contributed by atoms with Gasteiger partial charge in [0.05, 0.1) is 5.25 Å². The van der Waals surface area contributed by atoms with E-state index in [4.69, 9.17) is 0 Å². The first-order valence-electron chi connectivity index (χ1n) is 7.92. The number of unbranched alkanes of at least 4 members (excludes halogenated alkanes) is 1. The number of carbonyl (C=O) groups is 1. The number of hydrogen-bond acceptors (Lipinski definition) is 4. The number of aryl methyl sites for hydroxylation is 1. The fourth-order valence-electron chi connectivity index (χ4n) is 2.09. The van der Waals surface area contributed by atoms with Gasteiger partial charge >= 0.3 is 0 Å². The molecule has 0 aliphatic rings. The highest BCUT2D eigenvalue weighted by Crippen LogP contribution is 2.23. The van der Waals surface area contributed by atoms with E-state index in [9.17, 15) is 18.4 Å². The molecule has 0 saturated carbocycles. The number of thioether (sulfide) groups is 1. The molecule has 0 saturated heterocycles. The van der Waals surface area contributed by atoms with Gasteiger partial charge in [-0.15, -0.1) is 0 Å². The summed E-state index contributed by atoms with van der Waals surface area (Å²) in [4.78, 5) is 30.8. The number of rotatable bonds is 7. The lowest BCUT2D eigenvalue weighted by atomic mass is 10.2. The first-order chi connectivity index (χ1) is 11.9. The molecule has 0 aliphatic heterocycles. The highest BCUT2D eigenvalue weighted by Gasteiger charge is 2.19. The van der Waals surface area contributed by atoms with Crippen molar-refractivity contribution < 1.29 is 13.6 Å². The summed E-state index contributed by atoms with van der Waals surface area (Å²) >= 11 is 1.02. The Morgan fingerprint density at radius 2 is 2.04 bits per heavy atom. The summed E-state index contributed by atoms with van der Waals surface area (Å²) in [6.07, 6.45) is 2.56. The summed E-state index contributed by atoms with van der Waals surface area (Å²) in [5.74, 6) is -2.28. The van der Waals surface area contributed by atoms with Crippen molar-refractivity contribution in [2.75, 3.05) is 5.32 Å². The van der Waals surface area contributed by atoms with Gasteiger partial charge in [-0.1, -0.05) is 31.2 Å². The smallest absolute Gasteiger partial charge is 0.251 e. The molecule has 0 bridgehead atoms. The molecule has 0 radical (unpaired) electrons. The van der Waals surface area contributed by atoms with E-state index in [0.717, 1.165) is 36.7 Å². The van der Waals surface area contributed by atoms with E-state index in [1.165, 1.54) is 12.1 Å². The molecule has 2 N–H and O–H groups in total. The number of anilines is 1. The number of para-hydroxylation sites is 1. The molecule has 0 spiro atoms. The summed E-state index contributed by atoms with van der Waals surface area (Å²) in [5, 5.41) is 1.83. The molecule has 1 amide bonds. The summed E-state index contributed by atoms with van der Waals surface area (Å²) in [6.45, 7) is 3.61. The lowest BCUT2D eigenvalue weighted by Crippen LogP contribution is -2.24. The standard InChI is InChI=1S/C17H19F2N3O2S/c1-3-4-6-11-9-14(23)21-17(20-11)25-10(2)16(24)22-15-12(18)7-5-8-13(15)19/h5,7-10H,3-4,6H2,1-2H3,(H,22,24)(H,20,21,23). The third-order valence-corrected chi connectivity index (χ3v) is 4.41. The van der Waals surface area contributed by atoms with Crippen molar-refractivity contribution in [2.45, 2.75) is 43.5 Å². The maximum Gasteiger partial charge on any atom is 0.251 e. The van der Waals surface area contributed by atoms with Crippen molar-refractivity contribution in [3.8, 4) is 0 Å². The lowest BCUT2D eigenvalue weighted by Gasteiger charge is -2.13. The van der Waals surface area contributed by atoms with Crippen molar-refractivity contribution in [3.63, 3.8) is 0 Å². The number of nitrogens with zero attached hydrogens (tertiary/aromatic N) is 1. The number of H-pyrrole nitrogens is 1. The van der Waals surface area contributed by atoms with Gasteiger partial charge in [-0.05, 0) is 31.9 Å². The molecule has 2 rings (SSSR count). The molecule has 0 aliphatic carbocycles. The molecule has 134 valence electrons. The van der Waals surface area contributed by atoms with Crippen LogP contribution in [0.3, 0.4) is 0 Å². The normalized spacial score (nSPS) is 12.0. The van der Waals surface area contributed by atoms with Gasteiger partial charge in [0.2, 0.25) is 5.91 Å². The van der Waals surface area contributed by atoms with Gasteiger partial charge < -0.3 is 10.3 Å². The van der Waals surface area contributed by atoms with Gasteiger partial charge in [-0.3, -0.25) is 9.59 Å². The van der Waals surface area contributed by atoms with Crippen molar-refractivity contribution in [3.05, 3.63) is 51.9 Å². The van der Waals surface area contributed by atoms with Gasteiger partial charge in [0, 0.05) is 11.8 Å². The number of nitrogens with one attached hydrogen (secondary N) is 2. The Balaban J connectivity index is 2.08. The molecular weight excluding hydrogens is 348 g/mol. The van der Waals surface area contributed by atoms with Crippen LogP contribution in [0.2, 0.25) is 0 Å². The van der Waals surface area contributed by atoms with E-state index in [2.05, 4.69) is 15.3 Å². The van der Waals surface area contributed by atoms with Crippen LogP contribution in [0.1, 0.15) is 32.4 Å². The average molecular weight is 367 g/mol. The van der Waals surface area contributed by atoms with Crippen LogP contribution in [0.5, 0.6) is 0 Å². The molecule has 1 aromatic heterocycles. The Bertz CT molecular complexity index is 790. The third-order valence-electron chi connectivity index (χ3n) is 3.43. The van der Waals surface area contributed by atoms with Crippen LogP contribution in [-0.2, 0) is 11.2 Å². The molecular formula is C17H19F2N3O2S. The number of aromatic amines is 1. The Labute approximate surface area is 148 Å². The van der Waals surface area contributed by atoms with E-state index in [1.54, 1.807) is 6.92 Å². The Morgan fingerprint density at radius 3 is 2.68 bits per heavy atom. The van der Waals surface area contributed by atoms with Crippen molar-refractivity contribution in [2.24, 2.45) is 0 Å². The number of hydrogen-bond donors (Lipinski definition) is 2. The van der Waals surface area contributed by atoms with Crippen LogP contribution in [0.15, 0.2) is 34.2 Å². The van der Waals surface area contributed by atoms with Gasteiger partial charge in [-0.25, -0.2) is 13.8 Å². The summed E-state index contributed by atoms with van der Waals surface area (Å²) < 4.78 is 27.2. The van der Waals surface area contributed by atoms with Crippen LogP contribution in [-0.4, -0.2) is 21.1 Å². The predicted octanol–water partition coefficient (Wildman–Crippen LogP) is 3.51. The molecule has 8 heteroatoms. The molecule has 1 aromatic carbocycles. The number of carbonyl (C=O) groups excluding carboxylic acids is 1. The van der Waals surface area contributed by atoms with Gasteiger partial charge in [0.1, 0.15) is 17.3 Å². The minimum absolute atomic E-state index is 0.295. The fourth-order valence-corrected chi connectivity index (χ4v) is 2.92. The first kappa shape index (κ1) is 19.1. The zero-order valence-electron chi connectivity index (χ0n) is 13.9. The van der Waals surface area contributed by atoms with Gasteiger partial charge in [0.25, 0.3) is 5.56 Å². The van der Waals surface area contributed by atoms with E-state index < -0.39 is 28.5 Å². The minimum Gasteiger partial charge on any atom is -0.320 e. The Kier molecular flexibility index (Phi) is 6.69. The topological polar surface area (TPSA) is 74.8 Å². The zero-order valence-corrected chi connectivity index (χ0v) is 14.8. The molecule has 2 aromatic rings. The average Bonchev–Trinajstić information content (AvgIpc) is 2.55. The van der Waals surface area contributed by atoms with Crippen molar-refractivity contribution in [1.29, 1.82) is 0 Å². The maximum atomic E-state index is 13.6. The quantitative estimate of drug-likeness (QED) is 0.580. The fraction of sp³-hybridized carbons (Fsp3) is 0.353. The van der Waals surface area contributed by atoms with Crippen molar-refractivity contribution in [1.82, 2.24) is 9.97 Å². The van der Waals surface area contributed by atoms with Crippen molar-refractivity contribution >= 4 is 23.4 Å². The molecule has 25 heavy (non-hydrogen) atoms. The highest BCUT2D eigenvalue weighted by molar-refractivity contribution is 8.00. The van der Waals surface area contributed by atoms with E-state index in [1.807, 2.05) is 6.92 Å². The van der Waals surface area contributed by atoms with Crippen LogP contribution in [0, 0.1) is 11.6 Å². The lowest BCUT2D eigenvalue weighted by molar-refractivity contribution is -0.115. The molecule has 5 nitrogen and oxygen atoms in total. The molecule has 1 atom stereocenters. The third kappa shape index (κ3) is 5.38. The number of aromatic nitrogens is 2. The maximum absolute atomic E-state index is 13.6. The van der Waals surface area contributed by atoms with Crippen LogP contribution in [0.4, 0.5) is 14.5 Å². The predicted molar refractivity (Wildman–Crippen MR) is 93.8 cm³/mol. The second kappa shape index (κ2) is 8.75. The summed E-state index contributed by atoms with van der Waals surface area (Å²) in [6, 6.07) is 4.77. The van der Waals surface area contributed by atoms with E-state index in [0.29, 0.717) is 17.3 Å². The van der Waals surface area contributed by atoms with Crippen LogP contribution < -0.4 is 10.9 Å². The number of halogens is 2. The molecule has 1 heterocycles. The zero-order chi connectivity index (χ0) is 18.4. The first-order valence-corrected chi connectivity index (χ1v) is 8.80. The van der Waals surface area contributed by atoms with Crippen LogP contribution >= 0.6 is 11.8 Å². The minimum atomic E-state index is -0.848. The second-order valence-electron chi connectivity index (χ2n) is 5.49. The van der Waals surface area contributed by atoms with E-state index in [-0.39, 0.29) is 5.56 Å². The monoisotopic (exact) mass is 367 g/mol. The largest absolute Gasteiger partial charge is 0.320 e. The number of benzene rings is 1. The highest BCUT2D eigenvalue weighted by atomic mass is 32.2. The van der Waals surface area contributed by atoms with Gasteiger partial charge in [0.15, 0.2) is 5.16 Å². The SMILES string of the molecule is CCCCc1cc(=O)[nH]c(SC(C)C(=O)Nc2c(F)cccc2F)n1. The van der Waals surface area contributed by atoms with Gasteiger partial charge in [-0.2, -0.15) is 0 Å². The molecule has 1 unspecified atom stereocenters. The van der Waals surface area contributed by atoms with E-state index >= 15 is 0 Å². The summed E-state index contributed by atoms with van der Waals surface area (Å²) in [7, 11) is 0.